The summed E-state index contributed by atoms with van der Waals surface area (Å²) in [6.45, 7) is 1.95. The van der Waals surface area contributed by atoms with Gasteiger partial charge >= 0.3 is 0 Å². The van der Waals surface area contributed by atoms with Gasteiger partial charge in [-0.1, -0.05) is 0 Å². The normalized spacial score (nSPS) is 23.0. The van der Waals surface area contributed by atoms with Gasteiger partial charge in [-0.15, -0.1) is 0 Å². The molecule has 2 aliphatic rings. The Kier molecular flexibility index (Phi) is 0.614. The molecule has 2 rings (SSSR count). The van der Waals surface area contributed by atoms with E-state index in [1.807, 2.05) is 17.3 Å². The van der Waals surface area contributed by atoms with Gasteiger partial charge in [0.05, 0.1) is 13.1 Å². The van der Waals surface area contributed by atoms with E-state index in [-0.39, 0.29) is 0 Å². The summed E-state index contributed by atoms with van der Waals surface area (Å²) in [6, 6.07) is 0. The largest absolute Gasteiger partial charge is 0.304 e. The van der Waals surface area contributed by atoms with Gasteiger partial charge < -0.3 is 5.43 Å². The van der Waals surface area contributed by atoms with Crippen molar-refractivity contribution in [2.45, 2.75) is 0 Å². The van der Waals surface area contributed by atoms with Crippen LogP contribution in [0.5, 0.6) is 0 Å². The average Bonchev–Trinajstić information content (AvgIpc) is 2.15. The Balaban J connectivity index is 2.31. The van der Waals surface area contributed by atoms with E-state index in [0.717, 1.165) is 18.9 Å². The maximum absolute atomic E-state index is 4.19. The third-order valence-corrected chi connectivity index (χ3v) is 1.34. The van der Waals surface area contributed by atoms with Crippen molar-refractivity contribution in [2.24, 2.45) is 4.99 Å². The van der Waals surface area contributed by atoms with E-state index in [1.54, 1.807) is 0 Å². The number of hydrazine groups is 1. The number of amidine groups is 1. The minimum atomic E-state index is 0.937. The first-order valence-corrected chi connectivity index (χ1v) is 2.71. The van der Waals surface area contributed by atoms with Gasteiger partial charge in [-0.05, 0) is 6.08 Å². The summed E-state index contributed by atoms with van der Waals surface area (Å²) in [4.78, 5) is 4.19. The van der Waals surface area contributed by atoms with Crippen LogP contribution in [0, 0.1) is 0 Å². The van der Waals surface area contributed by atoms with Crippen LogP contribution in [0.2, 0.25) is 0 Å². The molecule has 2 aliphatic heterocycles. The Bertz CT molecular complexity index is 159. The Morgan fingerprint density at radius 3 is 3.62 bits per heavy atom. The first-order chi connectivity index (χ1) is 3.97. The van der Waals surface area contributed by atoms with Crippen LogP contribution in [0.25, 0.3) is 0 Å². The zero-order valence-corrected chi connectivity index (χ0v) is 4.46. The number of rotatable bonds is 0. The summed E-state index contributed by atoms with van der Waals surface area (Å²) in [7, 11) is 0. The highest BCUT2D eigenvalue weighted by Gasteiger charge is 2.15. The van der Waals surface area contributed by atoms with Crippen LogP contribution in [-0.2, 0) is 0 Å². The molecule has 0 unspecified atom stereocenters. The van der Waals surface area contributed by atoms with Gasteiger partial charge in [0.25, 0.3) is 0 Å². The van der Waals surface area contributed by atoms with E-state index < -0.39 is 0 Å². The topological polar surface area (TPSA) is 27.6 Å². The predicted octanol–water partition coefficient (Wildman–Crippen LogP) is -0.268. The minimum absolute atomic E-state index is 0.937. The highest BCUT2D eigenvalue weighted by molar-refractivity contribution is 5.95. The van der Waals surface area contributed by atoms with Crippen LogP contribution in [-0.4, -0.2) is 23.9 Å². The average molecular weight is 109 g/mol. The second kappa shape index (κ2) is 1.24. The van der Waals surface area contributed by atoms with Crippen LogP contribution in [0.4, 0.5) is 0 Å². The van der Waals surface area contributed by atoms with Crippen LogP contribution in [0.1, 0.15) is 0 Å². The zero-order valence-electron chi connectivity index (χ0n) is 4.46. The monoisotopic (exact) mass is 109 g/mol. The molecular formula is C5H7N3. The van der Waals surface area contributed by atoms with Crippen molar-refractivity contribution in [3.63, 3.8) is 0 Å². The fraction of sp³-hybridized carbons (Fsp3) is 0.400. The molecule has 0 aromatic heterocycles. The van der Waals surface area contributed by atoms with E-state index in [0.29, 0.717) is 0 Å². The van der Waals surface area contributed by atoms with E-state index in [9.17, 15) is 0 Å². The number of hydrogen-bond donors (Lipinski definition) is 1. The van der Waals surface area contributed by atoms with E-state index >= 15 is 0 Å². The second-order valence-corrected chi connectivity index (χ2v) is 1.85. The molecule has 0 fully saturated rings. The highest BCUT2D eigenvalue weighted by atomic mass is 15.6. The lowest BCUT2D eigenvalue weighted by Crippen LogP contribution is -2.31. The van der Waals surface area contributed by atoms with Crippen molar-refractivity contribution in [1.82, 2.24) is 10.4 Å². The van der Waals surface area contributed by atoms with Crippen molar-refractivity contribution in [2.75, 3.05) is 13.1 Å². The van der Waals surface area contributed by atoms with E-state index in [4.69, 9.17) is 0 Å². The van der Waals surface area contributed by atoms with Crippen LogP contribution in [0.15, 0.2) is 17.3 Å². The SMILES string of the molecule is C1=CC2=NCCN2N1. The molecule has 0 aliphatic carbocycles. The van der Waals surface area contributed by atoms with Crippen molar-refractivity contribution in [1.29, 1.82) is 0 Å². The molecule has 8 heavy (non-hydrogen) atoms. The molecule has 0 saturated heterocycles. The van der Waals surface area contributed by atoms with Crippen LogP contribution in [0.3, 0.4) is 0 Å². The third kappa shape index (κ3) is 0.358. The Morgan fingerprint density at radius 2 is 2.75 bits per heavy atom. The molecule has 0 bridgehead atoms. The van der Waals surface area contributed by atoms with Gasteiger partial charge in [0.1, 0.15) is 5.84 Å². The van der Waals surface area contributed by atoms with Gasteiger partial charge in [0, 0.05) is 6.20 Å². The van der Waals surface area contributed by atoms with Crippen LogP contribution >= 0.6 is 0 Å². The molecule has 1 N–H and O–H groups in total. The number of hydrogen-bond acceptors (Lipinski definition) is 3. The molecule has 42 valence electrons. The molecule has 0 radical (unpaired) electrons. The smallest absolute Gasteiger partial charge is 0.143 e. The molecular weight excluding hydrogens is 102 g/mol. The van der Waals surface area contributed by atoms with Gasteiger partial charge in [-0.3, -0.25) is 10.0 Å². The quantitative estimate of drug-likeness (QED) is 0.464. The molecule has 3 nitrogen and oxygen atoms in total. The standard InChI is InChI=1S/C5H7N3/c1-2-7-8-4-3-6-5(1)8/h1-2,7H,3-4H2. The third-order valence-electron chi connectivity index (χ3n) is 1.34. The first-order valence-electron chi connectivity index (χ1n) is 2.71. The molecule has 2 heterocycles. The first kappa shape index (κ1) is 3.95. The number of fused-ring (bicyclic) bond motifs is 1. The molecule has 0 aromatic carbocycles. The fourth-order valence-corrected chi connectivity index (χ4v) is 0.940. The number of aliphatic imine (C=N–C) groups is 1. The molecule has 0 atom stereocenters. The molecule has 0 aromatic rings. The van der Waals surface area contributed by atoms with E-state index in [2.05, 4.69) is 10.4 Å². The lowest BCUT2D eigenvalue weighted by Gasteiger charge is -2.10. The summed E-state index contributed by atoms with van der Waals surface area (Å²) >= 11 is 0. The Hall–Kier alpha value is -0.990. The number of nitrogens with one attached hydrogen (secondary N) is 1. The molecule has 0 amide bonds. The lowest BCUT2D eigenvalue weighted by atomic mass is 10.6. The lowest BCUT2D eigenvalue weighted by molar-refractivity contribution is 0.406. The van der Waals surface area contributed by atoms with Gasteiger partial charge in [-0.2, -0.15) is 0 Å². The maximum atomic E-state index is 4.19. The molecule has 0 saturated carbocycles. The van der Waals surface area contributed by atoms with Crippen molar-refractivity contribution < 1.29 is 0 Å². The number of nitrogens with zero attached hydrogens (tertiary/aromatic N) is 2. The van der Waals surface area contributed by atoms with E-state index in [1.165, 1.54) is 0 Å². The van der Waals surface area contributed by atoms with Gasteiger partial charge in [0.2, 0.25) is 0 Å². The maximum Gasteiger partial charge on any atom is 0.143 e. The van der Waals surface area contributed by atoms with Crippen molar-refractivity contribution in [3.8, 4) is 0 Å². The summed E-state index contributed by atoms with van der Waals surface area (Å²) in [5.41, 5.74) is 3.04. The summed E-state index contributed by atoms with van der Waals surface area (Å²) in [6.07, 6.45) is 3.88. The Morgan fingerprint density at radius 1 is 1.75 bits per heavy atom. The predicted molar refractivity (Wildman–Crippen MR) is 31.3 cm³/mol. The van der Waals surface area contributed by atoms with Crippen molar-refractivity contribution >= 4 is 5.84 Å². The summed E-state index contributed by atoms with van der Waals surface area (Å²) < 4.78 is 0. The summed E-state index contributed by atoms with van der Waals surface area (Å²) in [5, 5.41) is 2.03. The highest BCUT2D eigenvalue weighted by Crippen LogP contribution is 2.03. The molecule has 3 heteroatoms. The van der Waals surface area contributed by atoms with Gasteiger partial charge in [-0.25, -0.2) is 0 Å². The molecule has 0 spiro atoms. The van der Waals surface area contributed by atoms with Crippen LogP contribution < -0.4 is 5.43 Å². The second-order valence-electron chi connectivity index (χ2n) is 1.85. The summed E-state index contributed by atoms with van der Waals surface area (Å²) in [5.74, 6) is 1.07. The zero-order chi connectivity index (χ0) is 5.40. The van der Waals surface area contributed by atoms with Gasteiger partial charge in [0.15, 0.2) is 0 Å². The Labute approximate surface area is 47.7 Å². The fourth-order valence-electron chi connectivity index (χ4n) is 0.940. The van der Waals surface area contributed by atoms with Crippen molar-refractivity contribution in [3.05, 3.63) is 12.3 Å². The minimum Gasteiger partial charge on any atom is -0.304 e.